The fraction of sp³-hybridized carbons (Fsp3) is 0.0625. The molecule has 3 heteroatoms. The summed E-state index contributed by atoms with van der Waals surface area (Å²) in [5.41, 5.74) is 1.08. The van der Waals surface area contributed by atoms with Gasteiger partial charge in [-0.05, 0) is 43.3 Å². The number of aromatic nitrogens is 2. The predicted octanol–water partition coefficient (Wildman–Crippen LogP) is 3.97. The molecule has 0 aliphatic rings. The average molecular weight is 250 g/mol. The van der Waals surface area contributed by atoms with Crippen molar-refractivity contribution in [2.45, 2.75) is 6.92 Å². The zero-order valence-corrected chi connectivity index (χ0v) is 10.7. The van der Waals surface area contributed by atoms with Crippen molar-refractivity contribution in [3.05, 3.63) is 72.8 Å². The van der Waals surface area contributed by atoms with Gasteiger partial charge < -0.3 is 9.30 Å². The Morgan fingerprint density at radius 3 is 2.21 bits per heavy atom. The fourth-order valence-electron chi connectivity index (χ4n) is 1.95. The maximum atomic E-state index is 5.76. The molecule has 0 aliphatic heterocycles. The van der Waals surface area contributed by atoms with Crippen molar-refractivity contribution in [1.82, 2.24) is 9.55 Å². The zero-order valence-electron chi connectivity index (χ0n) is 10.7. The van der Waals surface area contributed by atoms with Crippen LogP contribution in [0.3, 0.4) is 0 Å². The first-order chi connectivity index (χ1) is 9.33. The smallest absolute Gasteiger partial charge is 0.127 e. The molecule has 0 unspecified atom stereocenters. The first-order valence-electron chi connectivity index (χ1n) is 6.16. The molecule has 0 bridgehead atoms. The fourth-order valence-corrected chi connectivity index (χ4v) is 1.95. The minimum Gasteiger partial charge on any atom is -0.457 e. The van der Waals surface area contributed by atoms with E-state index in [1.54, 1.807) is 6.20 Å². The highest BCUT2D eigenvalue weighted by Gasteiger charge is 2.01. The number of ether oxygens (including phenoxy) is 1. The van der Waals surface area contributed by atoms with Gasteiger partial charge in [0.05, 0.1) is 0 Å². The highest BCUT2D eigenvalue weighted by atomic mass is 16.5. The van der Waals surface area contributed by atoms with Crippen LogP contribution >= 0.6 is 0 Å². The lowest BCUT2D eigenvalue weighted by molar-refractivity contribution is 0.482. The molecule has 3 aromatic rings. The number of hydrogen-bond donors (Lipinski definition) is 0. The van der Waals surface area contributed by atoms with E-state index in [0.29, 0.717) is 0 Å². The number of para-hydroxylation sites is 1. The first kappa shape index (κ1) is 11.5. The van der Waals surface area contributed by atoms with Gasteiger partial charge in [-0.25, -0.2) is 4.98 Å². The second kappa shape index (κ2) is 4.98. The van der Waals surface area contributed by atoms with E-state index < -0.39 is 0 Å². The summed E-state index contributed by atoms with van der Waals surface area (Å²) in [4.78, 5) is 4.21. The molecule has 0 fully saturated rings. The van der Waals surface area contributed by atoms with Crippen LogP contribution in [0.1, 0.15) is 5.82 Å². The molecule has 0 saturated heterocycles. The Morgan fingerprint density at radius 2 is 1.58 bits per heavy atom. The summed E-state index contributed by atoms with van der Waals surface area (Å²) < 4.78 is 7.79. The van der Waals surface area contributed by atoms with Crippen LogP contribution in [0.25, 0.3) is 5.69 Å². The van der Waals surface area contributed by atoms with Crippen molar-refractivity contribution in [1.29, 1.82) is 0 Å². The molecule has 19 heavy (non-hydrogen) atoms. The van der Waals surface area contributed by atoms with Gasteiger partial charge in [-0.3, -0.25) is 0 Å². The van der Waals surface area contributed by atoms with Gasteiger partial charge >= 0.3 is 0 Å². The highest BCUT2D eigenvalue weighted by Crippen LogP contribution is 2.22. The minimum absolute atomic E-state index is 0.827. The third kappa shape index (κ3) is 2.50. The maximum Gasteiger partial charge on any atom is 0.127 e. The predicted molar refractivity (Wildman–Crippen MR) is 74.8 cm³/mol. The molecule has 3 nitrogen and oxygen atoms in total. The lowest BCUT2D eigenvalue weighted by Crippen LogP contribution is -1.95. The van der Waals surface area contributed by atoms with Crippen LogP contribution in [-0.2, 0) is 0 Å². The van der Waals surface area contributed by atoms with Crippen LogP contribution in [0.4, 0.5) is 0 Å². The summed E-state index contributed by atoms with van der Waals surface area (Å²) in [6.07, 6.45) is 3.74. The summed E-state index contributed by atoms with van der Waals surface area (Å²) in [6, 6.07) is 17.7. The second-order valence-electron chi connectivity index (χ2n) is 4.25. The van der Waals surface area contributed by atoms with Gasteiger partial charge in [-0.2, -0.15) is 0 Å². The topological polar surface area (TPSA) is 27.1 Å². The van der Waals surface area contributed by atoms with Crippen molar-refractivity contribution in [2.75, 3.05) is 0 Å². The number of benzene rings is 2. The monoisotopic (exact) mass is 250 g/mol. The van der Waals surface area contributed by atoms with Crippen molar-refractivity contribution >= 4 is 0 Å². The Morgan fingerprint density at radius 1 is 0.895 bits per heavy atom. The molecule has 94 valence electrons. The summed E-state index contributed by atoms with van der Waals surface area (Å²) >= 11 is 0. The Bertz CT molecular complexity index is 657. The molecule has 0 spiro atoms. The quantitative estimate of drug-likeness (QED) is 0.703. The molecule has 1 aromatic heterocycles. The second-order valence-corrected chi connectivity index (χ2v) is 4.25. The molecule has 0 saturated carbocycles. The third-order valence-electron chi connectivity index (χ3n) is 2.92. The number of hydrogen-bond acceptors (Lipinski definition) is 2. The van der Waals surface area contributed by atoms with Crippen molar-refractivity contribution in [3.8, 4) is 17.2 Å². The SMILES string of the molecule is Cc1nccn1-c1ccc(Oc2ccccc2)cc1. The number of aryl methyl sites for hydroxylation is 1. The Kier molecular flexibility index (Phi) is 3.02. The van der Waals surface area contributed by atoms with Crippen LogP contribution in [0.15, 0.2) is 67.0 Å². The third-order valence-corrected chi connectivity index (χ3v) is 2.92. The molecule has 0 aliphatic carbocycles. The first-order valence-corrected chi connectivity index (χ1v) is 6.16. The van der Waals surface area contributed by atoms with Gasteiger partial charge in [-0.1, -0.05) is 18.2 Å². The maximum absolute atomic E-state index is 5.76. The molecular formula is C16H14N2O. The van der Waals surface area contributed by atoms with Gasteiger partial charge in [0.2, 0.25) is 0 Å². The normalized spacial score (nSPS) is 10.4. The molecular weight excluding hydrogens is 236 g/mol. The van der Waals surface area contributed by atoms with Gasteiger partial charge in [0.1, 0.15) is 17.3 Å². The van der Waals surface area contributed by atoms with Crippen molar-refractivity contribution in [2.24, 2.45) is 0 Å². The van der Waals surface area contributed by atoms with Gasteiger partial charge in [0.15, 0.2) is 0 Å². The van der Waals surface area contributed by atoms with E-state index in [2.05, 4.69) is 4.98 Å². The Hall–Kier alpha value is -2.55. The molecule has 0 radical (unpaired) electrons. The van der Waals surface area contributed by atoms with E-state index >= 15 is 0 Å². The summed E-state index contributed by atoms with van der Waals surface area (Å²) in [6.45, 7) is 1.98. The lowest BCUT2D eigenvalue weighted by atomic mass is 10.3. The van der Waals surface area contributed by atoms with Gasteiger partial charge in [-0.15, -0.1) is 0 Å². The van der Waals surface area contributed by atoms with E-state index in [9.17, 15) is 0 Å². The Balaban J connectivity index is 1.82. The highest BCUT2D eigenvalue weighted by molar-refractivity contribution is 5.40. The van der Waals surface area contributed by atoms with Crippen LogP contribution < -0.4 is 4.74 Å². The van der Waals surface area contributed by atoms with E-state index in [1.165, 1.54) is 0 Å². The number of rotatable bonds is 3. The summed E-state index contributed by atoms with van der Waals surface area (Å²) in [5, 5.41) is 0. The van der Waals surface area contributed by atoms with Gasteiger partial charge in [0, 0.05) is 18.1 Å². The minimum atomic E-state index is 0.827. The lowest BCUT2D eigenvalue weighted by Gasteiger charge is -2.08. The van der Waals surface area contributed by atoms with E-state index in [-0.39, 0.29) is 0 Å². The van der Waals surface area contributed by atoms with E-state index in [4.69, 9.17) is 4.74 Å². The van der Waals surface area contributed by atoms with Crippen LogP contribution in [0.2, 0.25) is 0 Å². The van der Waals surface area contributed by atoms with Crippen molar-refractivity contribution < 1.29 is 4.74 Å². The summed E-state index contributed by atoms with van der Waals surface area (Å²) in [5.74, 6) is 2.64. The molecule has 2 aromatic carbocycles. The molecule has 3 rings (SSSR count). The molecule has 1 heterocycles. The zero-order chi connectivity index (χ0) is 13.1. The molecule has 0 N–H and O–H groups in total. The van der Waals surface area contributed by atoms with E-state index in [1.807, 2.05) is 72.3 Å². The Labute approximate surface area is 112 Å². The number of imidazole rings is 1. The van der Waals surface area contributed by atoms with Gasteiger partial charge in [0.25, 0.3) is 0 Å². The average Bonchev–Trinajstić information content (AvgIpc) is 2.87. The van der Waals surface area contributed by atoms with Crippen LogP contribution in [-0.4, -0.2) is 9.55 Å². The van der Waals surface area contributed by atoms with Crippen LogP contribution in [0.5, 0.6) is 11.5 Å². The summed E-state index contributed by atoms with van der Waals surface area (Å²) in [7, 11) is 0. The standard InChI is InChI=1S/C16H14N2O/c1-13-17-11-12-18(13)14-7-9-16(10-8-14)19-15-5-3-2-4-6-15/h2-12H,1H3. The van der Waals surface area contributed by atoms with E-state index in [0.717, 1.165) is 23.0 Å². The molecule has 0 atom stereocenters. The van der Waals surface area contributed by atoms with Crippen molar-refractivity contribution in [3.63, 3.8) is 0 Å². The largest absolute Gasteiger partial charge is 0.457 e. The van der Waals surface area contributed by atoms with Crippen LogP contribution in [0, 0.1) is 6.92 Å². The molecule has 0 amide bonds. The number of nitrogens with zero attached hydrogens (tertiary/aromatic N) is 2.